The number of hydrogen-bond donors (Lipinski definition) is 2. The Kier molecular flexibility index (Phi) is 2.81. The molecule has 3 N–H and O–H groups in total. The summed E-state index contributed by atoms with van der Waals surface area (Å²) in [5.41, 5.74) is 5.87. The fourth-order valence-electron chi connectivity index (χ4n) is 2.34. The maximum atomic E-state index is 5.75. The zero-order chi connectivity index (χ0) is 13.3. The number of nitrogens with one attached hydrogen (secondary N) is 1. The molecule has 0 radical (unpaired) electrons. The fourth-order valence-corrected chi connectivity index (χ4v) is 2.34. The molecule has 7 nitrogen and oxygen atoms in total. The Morgan fingerprint density at radius 2 is 2.21 bits per heavy atom. The van der Waals surface area contributed by atoms with Crippen LogP contribution in [0.15, 0.2) is 18.7 Å². The SMILES string of the molecule is CCC1(Nc2nc(N)nc(-n3ccnc3)n2)CCC1. The van der Waals surface area contributed by atoms with E-state index < -0.39 is 0 Å². The highest BCUT2D eigenvalue weighted by molar-refractivity contribution is 5.38. The number of aromatic nitrogens is 5. The van der Waals surface area contributed by atoms with Crippen LogP contribution in [0, 0.1) is 0 Å². The lowest BCUT2D eigenvalue weighted by Crippen LogP contribution is -2.44. The van der Waals surface area contributed by atoms with E-state index in [0.29, 0.717) is 11.9 Å². The van der Waals surface area contributed by atoms with Crippen molar-refractivity contribution in [3.05, 3.63) is 18.7 Å². The van der Waals surface area contributed by atoms with Gasteiger partial charge in [0.25, 0.3) is 0 Å². The van der Waals surface area contributed by atoms with E-state index in [1.807, 2.05) is 0 Å². The van der Waals surface area contributed by atoms with Gasteiger partial charge in [0.15, 0.2) is 0 Å². The summed E-state index contributed by atoms with van der Waals surface area (Å²) in [7, 11) is 0. The van der Waals surface area contributed by atoms with Crippen LogP contribution in [0.4, 0.5) is 11.9 Å². The molecule has 0 saturated heterocycles. The van der Waals surface area contributed by atoms with Gasteiger partial charge in [0.05, 0.1) is 0 Å². The van der Waals surface area contributed by atoms with Gasteiger partial charge < -0.3 is 11.1 Å². The van der Waals surface area contributed by atoms with Crippen LogP contribution in [0.5, 0.6) is 0 Å². The van der Waals surface area contributed by atoms with E-state index >= 15 is 0 Å². The Bertz CT molecular complexity index is 554. The second kappa shape index (κ2) is 4.49. The summed E-state index contributed by atoms with van der Waals surface area (Å²) in [6.07, 6.45) is 9.68. The molecule has 0 amide bonds. The second-order valence-corrected chi connectivity index (χ2v) is 4.90. The van der Waals surface area contributed by atoms with E-state index in [0.717, 1.165) is 19.3 Å². The minimum absolute atomic E-state index is 0.125. The number of anilines is 2. The van der Waals surface area contributed by atoms with Crippen molar-refractivity contribution in [2.24, 2.45) is 0 Å². The van der Waals surface area contributed by atoms with Crippen molar-refractivity contribution in [3.63, 3.8) is 0 Å². The number of hydrogen-bond acceptors (Lipinski definition) is 6. The summed E-state index contributed by atoms with van der Waals surface area (Å²) in [5.74, 6) is 1.24. The minimum atomic E-state index is 0.125. The molecular weight excluding hydrogens is 242 g/mol. The zero-order valence-corrected chi connectivity index (χ0v) is 10.9. The van der Waals surface area contributed by atoms with Crippen LogP contribution < -0.4 is 11.1 Å². The van der Waals surface area contributed by atoms with Crippen LogP contribution in [0.1, 0.15) is 32.6 Å². The van der Waals surface area contributed by atoms with Crippen LogP contribution in [0.25, 0.3) is 5.95 Å². The molecule has 1 saturated carbocycles. The molecule has 7 heteroatoms. The molecule has 0 aliphatic heterocycles. The first-order valence-electron chi connectivity index (χ1n) is 6.49. The Morgan fingerprint density at radius 1 is 1.37 bits per heavy atom. The monoisotopic (exact) mass is 259 g/mol. The molecule has 2 aromatic rings. The van der Waals surface area contributed by atoms with Crippen molar-refractivity contribution in [2.45, 2.75) is 38.1 Å². The van der Waals surface area contributed by atoms with Gasteiger partial charge in [-0.2, -0.15) is 15.0 Å². The summed E-state index contributed by atoms with van der Waals surface area (Å²) in [6.45, 7) is 2.17. The van der Waals surface area contributed by atoms with E-state index in [1.165, 1.54) is 6.42 Å². The Morgan fingerprint density at radius 3 is 2.79 bits per heavy atom. The maximum absolute atomic E-state index is 5.75. The number of imidazole rings is 1. The first-order chi connectivity index (χ1) is 9.21. The van der Waals surface area contributed by atoms with Crippen molar-refractivity contribution < 1.29 is 0 Å². The first kappa shape index (κ1) is 11.9. The van der Waals surface area contributed by atoms with Gasteiger partial charge >= 0.3 is 0 Å². The number of nitrogen functional groups attached to an aromatic ring is 1. The summed E-state index contributed by atoms with van der Waals surface area (Å²) in [6, 6.07) is 0. The van der Waals surface area contributed by atoms with Crippen LogP contribution in [-0.4, -0.2) is 30.0 Å². The van der Waals surface area contributed by atoms with E-state index in [1.54, 1.807) is 23.3 Å². The average Bonchev–Trinajstić information content (AvgIpc) is 2.87. The molecule has 2 aromatic heterocycles. The third kappa shape index (κ3) is 2.23. The normalized spacial score (nSPS) is 16.9. The van der Waals surface area contributed by atoms with Crippen LogP contribution in [-0.2, 0) is 0 Å². The van der Waals surface area contributed by atoms with Crippen molar-refractivity contribution >= 4 is 11.9 Å². The third-order valence-electron chi connectivity index (χ3n) is 3.74. The topological polar surface area (TPSA) is 94.5 Å². The fraction of sp³-hybridized carbons (Fsp3) is 0.500. The van der Waals surface area contributed by atoms with E-state index in [-0.39, 0.29) is 11.5 Å². The molecule has 1 aliphatic rings. The van der Waals surface area contributed by atoms with Crippen LogP contribution >= 0.6 is 0 Å². The van der Waals surface area contributed by atoms with Crippen molar-refractivity contribution in [3.8, 4) is 5.95 Å². The molecule has 0 aromatic carbocycles. The van der Waals surface area contributed by atoms with Crippen LogP contribution in [0.2, 0.25) is 0 Å². The smallest absolute Gasteiger partial charge is 0.241 e. The quantitative estimate of drug-likeness (QED) is 0.861. The molecule has 0 spiro atoms. The highest BCUT2D eigenvalue weighted by atomic mass is 15.3. The standard InChI is InChI=1S/C12H17N7/c1-2-12(4-3-5-12)18-10-15-9(13)16-11(17-10)19-7-6-14-8-19/h6-8H,2-5H2,1H3,(H3,13,15,16,17,18). The van der Waals surface area contributed by atoms with Gasteiger partial charge in [0.1, 0.15) is 6.33 Å². The molecule has 1 aliphatic carbocycles. The van der Waals surface area contributed by atoms with Gasteiger partial charge in [-0.05, 0) is 25.7 Å². The van der Waals surface area contributed by atoms with Gasteiger partial charge in [-0.1, -0.05) is 6.92 Å². The molecule has 0 unspecified atom stereocenters. The molecule has 19 heavy (non-hydrogen) atoms. The molecule has 2 heterocycles. The van der Waals surface area contributed by atoms with Crippen molar-refractivity contribution in [1.82, 2.24) is 24.5 Å². The molecular formula is C12H17N7. The lowest BCUT2D eigenvalue weighted by Gasteiger charge is -2.41. The molecule has 3 rings (SSSR count). The molecule has 1 fully saturated rings. The second-order valence-electron chi connectivity index (χ2n) is 4.90. The van der Waals surface area contributed by atoms with Gasteiger partial charge in [-0.3, -0.25) is 4.57 Å². The number of nitrogens with zero attached hydrogens (tertiary/aromatic N) is 5. The lowest BCUT2D eigenvalue weighted by molar-refractivity contribution is 0.268. The highest BCUT2D eigenvalue weighted by Crippen LogP contribution is 2.37. The van der Waals surface area contributed by atoms with Gasteiger partial charge in [-0.25, -0.2) is 4.98 Å². The molecule has 0 atom stereocenters. The predicted molar refractivity (Wildman–Crippen MR) is 71.9 cm³/mol. The van der Waals surface area contributed by atoms with Gasteiger partial charge in [0.2, 0.25) is 17.8 Å². The zero-order valence-electron chi connectivity index (χ0n) is 10.9. The van der Waals surface area contributed by atoms with Crippen molar-refractivity contribution in [1.29, 1.82) is 0 Å². The molecule has 100 valence electrons. The predicted octanol–water partition coefficient (Wildman–Crippen LogP) is 1.38. The molecule has 0 bridgehead atoms. The van der Waals surface area contributed by atoms with Gasteiger partial charge in [0, 0.05) is 17.9 Å². The van der Waals surface area contributed by atoms with E-state index in [4.69, 9.17) is 5.73 Å². The number of rotatable bonds is 4. The summed E-state index contributed by atoms with van der Waals surface area (Å²) in [4.78, 5) is 16.7. The van der Waals surface area contributed by atoms with E-state index in [2.05, 4.69) is 32.2 Å². The average molecular weight is 259 g/mol. The third-order valence-corrected chi connectivity index (χ3v) is 3.74. The van der Waals surface area contributed by atoms with Gasteiger partial charge in [-0.15, -0.1) is 0 Å². The summed E-state index contributed by atoms with van der Waals surface area (Å²) < 4.78 is 1.71. The van der Waals surface area contributed by atoms with Crippen molar-refractivity contribution in [2.75, 3.05) is 11.1 Å². The number of nitrogens with two attached hydrogens (primary N) is 1. The lowest BCUT2D eigenvalue weighted by atomic mass is 9.75. The van der Waals surface area contributed by atoms with E-state index in [9.17, 15) is 0 Å². The summed E-state index contributed by atoms with van der Waals surface area (Å²) in [5, 5.41) is 3.41. The Hall–Kier alpha value is -2.18. The minimum Gasteiger partial charge on any atom is -0.368 e. The Balaban J connectivity index is 1.90. The first-order valence-corrected chi connectivity index (χ1v) is 6.49. The Labute approximate surface area is 111 Å². The highest BCUT2D eigenvalue weighted by Gasteiger charge is 2.35. The maximum Gasteiger partial charge on any atom is 0.241 e. The van der Waals surface area contributed by atoms with Crippen LogP contribution in [0.3, 0.4) is 0 Å². The largest absolute Gasteiger partial charge is 0.368 e. The summed E-state index contributed by atoms with van der Waals surface area (Å²) >= 11 is 0.